The van der Waals surface area contributed by atoms with Gasteiger partial charge in [0, 0.05) is 25.2 Å². The van der Waals surface area contributed by atoms with E-state index in [4.69, 9.17) is 5.26 Å². The maximum Gasteiger partial charge on any atom is 0.223 e. The highest BCUT2D eigenvalue weighted by molar-refractivity contribution is 5.79. The highest BCUT2D eigenvalue weighted by atomic mass is 16.1. The molecule has 0 radical (unpaired) electrons. The van der Waals surface area contributed by atoms with Gasteiger partial charge in [-0.15, -0.1) is 0 Å². The molecular weight excluding hydrogens is 252 g/mol. The van der Waals surface area contributed by atoms with Crippen molar-refractivity contribution < 1.29 is 4.79 Å². The molecule has 1 amide bonds. The molecule has 104 valence electrons. The molecule has 1 unspecified atom stereocenters. The zero-order valence-electron chi connectivity index (χ0n) is 11.3. The number of anilines is 1. The van der Waals surface area contributed by atoms with E-state index in [-0.39, 0.29) is 11.8 Å². The van der Waals surface area contributed by atoms with Crippen molar-refractivity contribution in [1.29, 1.82) is 5.26 Å². The fraction of sp³-hybridized carbons (Fsp3) is 0.400. The largest absolute Gasteiger partial charge is 0.368 e. The Hall–Kier alpha value is -2.35. The van der Waals surface area contributed by atoms with E-state index in [1.54, 1.807) is 12.1 Å². The van der Waals surface area contributed by atoms with Crippen LogP contribution in [0, 0.1) is 17.2 Å². The molecule has 0 saturated heterocycles. The number of nitriles is 1. The van der Waals surface area contributed by atoms with Gasteiger partial charge in [0.15, 0.2) is 0 Å². The molecule has 0 aliphatic heterocycles. The van der Waals surface area contributed by atoms with Gasteiger partial charge >= 0.3 is 0 Å². The summed E-state index contributed by atoms with van der Waals surface area (Å²) in [5.41, 5.74) is 0.536. The number of rotatable bonds is 5. The van der Waals surface area contributed by atoms with Crippen molar-refractivity contribution >= 4 is 11.7 Å². The SMILES string of the molecule is N#Cc1ccc(NCCNC(=O)C2CC=CCC2)nc1. The summed E-state index contributed by atoms with van der Waals surface area (Å²) in [7, 11) is 0. The molecule has 5 heteroatoms. The van der Waals surface area contributed by atoms with Gasteiger partial charge in [0.2, 0.25) is 5.91 Å². The lowest BCUT2D eigenvalue weighted by atomic mass is 9.94. The predicted octanol–water partition coefficient (Wildman–Crippen LogP) is 1.84. The molecule has 1 aliphatic carbocycles. The Kier molecular flexibility index (Phi) is 5.13. The second kappa shape index (κ2) is 7.29. The summed E-state index contributed by atoms with van der Waals surface area (Å²) in [6.07, 6.45) is 8.50. The summed E-state index contributed by atoms with van der Waals surface area (Å²) >= 11 is 0. The van der Waals surface area contributed by atoms with Crippen molar-refractivity contribution in [3.05, 3.63) is 36.0 Å². The molecule has 1 aromatic rings. The van der Waals surface area contributed by atoms with Crippen LogP contribution in [0.5, 0.6) is 0 Å². The van der Waals surface area contributed by atoms with Gasteiger partial charge in [-0.3, -0.25) is 4.79 Å². The van der Waals surface area contributed by atoms with Crippen molar-refractivity contribution in [3.63, 3.8) is 0 Å². The standard InChI is InChI=1S/C15H18N4O/c16-10-12-6-7-14(19-11-12)17-8-9-18-15(20)13-4-2-1-3-5-13/h1-2,6-7,11,13H,3-5,8-9H2,(H,17,19)(H,18,20). The first-order valence-electron chi connectivity index (χ1n) is 6.82. The molecule has 0 spiro atoms. The molecule has 0 bridgehead atoms. The topological polar surface area (TPSA) is 77.8 Å². The molecule has 20 heavy (non-hydrogen) atoms. The number of hydrogen-bond acceptors (Lipinski definition) is 4. The van der Waals surface area contributed by atoms with Crippen LogP contribution in [-0.2, 0) is 4.79 Å². The predicted molar refractivity (Wildman–Crippen MR) is 76.9 cm³/mol. The van der Waals surface area contributed by atoms with Crippen LogP contribution in [0.3, 0.4) is 0 Å². The molecule has 0 aromatic carbocycles. The molecule has 1 heterocycles. The Balaban J connectivity index is 1.67. The third-order valence-corrected chi connectivity index (χ3v) is 3.26. The Labute approximate surface area is 118 Å². The van der Waals surface area contributed by atoms with Gasteiger partial charge in [-0.1, -0.05) is 12.2 Å². The number of aromatic nitrogens is 1. The molecule has 0 fully saturated rings. The van der Waals surface area contributed by atoms with E-state index in [1.165, 1.54) is 6.20 Å². The van der Waals surface area contributed by atoms with E-state index in [0.29, 0.717) is 24.5 Å². The fourth-order valence-electron chi connectivity index (χ4n) is 2.12. The highest BCUT2D eigenvalue weighted by Crippen LogP contribution is 2.17. The molecule has 0 saturated carbocycles. The lowest BCUT2D eigenvalue weighted by molar-refractivity contribution is -0.125. The summed E-state index contributed by atoms with van der Waals surface area (Å²) in [5.74, 6) is 0.954. The van der Waals surface area contributed by atoms with E-state index in [1.807, 2.05) is 6.07 Å². The smallest absolute Gasteiger partial charge is 0.223 e. The molecule has 2 N–H and O–H groups in total. The van der Waals surface area contributed by atoms with E-state index in [0.717, 1.165) is 19.3 Å². The number of allylic oxidation sites excluding steroid dienone is 2. The monoisotopic (exact) mass is 270 g/mol. The summed E-state index contributed by atoms with van der Waals surface area (Å²) in [5, 5.41) is 14.7. The third kappa shape index (κ3) is 4.09. The highest BCUT2D eigenvalue weighted by Gasteiger charge is 2.17. The number of amides is 1. The van der Waals surface area contributed by atoms with Gasteiger partial charge in [0.05, 0.1) is 5.56 Å². The van der Waals surface area contributed by atoms with Gasteiger partial charge in [0.25, 0.3) is 0 Å². The number of nitrogens with one attached hydrogen (secondary N) is 2. The van der Waals surface area contributed by atoms with Crippen molar-refractivity contribution in [3.8, 4) is 6.07 Å². The lowest BCUT2D eigenvalue weighted by Crippen LogP contribution is -2.34. The van der Waals surface area contributed by atoms with Crippen LogP contribution < -0.4 is 10.6 Å². The van der Waals surface area contributed by atoms with E-state index >= 15 is 0 Å². The lowest BCUT2D eigenvalue weighted by Gasteiger charge is -2.17. The minimum atomic E-state index is 0.119. The second-order valence-electron chi connectivity index (χ2n) is 4.74. The van der Waals surface area contributed by atoms with Crippen LogP contribution in [0.2, 0.25) is 0 Å². The number of carbonyl (C=O) groups is 1. The van der Waals surface area contributed by atoms with Gasteiger partial charge in [0.1, 0.15) is 11.9 Å². The molecular formula is C15H18N4O. The second-order valence-corrected chi connectivity index (χ2v) is 4.74. The summed E-state index contributed by atoms with van der Waals surface area (Å²) in [6, 6.07) is 5.49. The Morgan fingerprint density at radius 2 is 2.30 bits per heavy atom. The Bertz CT molecular complexity index is 516. The van der Waals surface area contributed by atoms with Crippen LogP contribution in [0.1, 0.15) is 24.8 Å². The average molecular weight is 270 g/mol. The van der Waals surface area contributed by atoms with Gasteiger partial charge in [-0.2, -0.15) is 5.26 Å². The number of hydrogen-bond donors (Lipinski definition) is 2. The first-order valence-corrected chi connectivity index (χ1v) is 6.82. The van der Waals surface area contributed by atoms with Gasteiger partial charge < -0.3 is 10.6 Å². The van der Waals surface area contributed by atoms with Crippen LogP contribution in [0.15, 0.2) is 30.5 Å². The normalized spacial score (nSPS) is 17.2. The van der Waals surface area contributed by atoms with Crippen molar-refractivity contribution in [2.75, 3.05) is 18.4 Å². The molecule has 1 aliphatic rings. The first kappa shape index (κ1) is 14.1. The molecule has 5 nitrogen and oxygen atoms in total. The van der Waals surface area contributed by atoms with Crippen molar-refractivity contribution in [2.45, 2.75) is 19.3 Å². The Morgan fingerprint density at radius 1 is 1.40 bits per heavy atom. The average Bonchev–Trinajstić information content (AvgIpc) is 2.53. The first-order chi connectivity index (χ1) is 9.79. The number of nitrogens with zero attached hydrogens (tertiary/aromatic N) is 2. The molecule has 1 atom stereocenters. The zero-order chi connectivity index (χ0) is 14.2. The number of pyridine rings is 1. The summed E-state index contributed by atoms with van der Waals surface area (Å²) in [6.45, 7) is 1.19. The number of carbonyl (C=O) groups excluding carboxylic acids is 1. The van der Waals surface area contributed by atoms with E-state index < -0.39 is 0 Å². The van der Waals surface area contributed by atoms with E-state index in [9.17, 15) is 4.79 Å². The van der Waals surface area contributed by atoms with Gasteiger partial charge in [-0.25, -0.2) is 4.98 Å². The minimum absolute atomic E-state index is 0.119. The zero-order valence-corrected chi connectivity index (χ0v) is 11.3. The molecule has 1 aromatic heterocycles. The maximum absolute atomic E-state index is 11.9. The van der Waals surface area contributed by atoms with Gasteiger partial charge in [-0.05, 0) is 31.4 Å². The fourth-order valence-corrected chi connectivity index (χ4v) is 2.12. The quantitative estimate of drug-likeness (QED) is 0.632. The van der Waals surface area contributed by atoms with Crippen LogP contribution >= 0.6 is 0 Å². The van der Waals surface area contributed by atoms with Crippen molar-refractivity contribution in [1.82, 2.24) is 10.3 Å². The summed E-state index contributed by atoms with van der Waals surface area (Å²) < 4.78 is 0. The van der Waals surface area contributed by atoms with Crippen LogP contribution in [-0.4, -0.2) is 24.0 Å². The molecule has 2 rings (SSSR count). The third-order valence-electron chi connectivity index (χ3n) is 3.26. The summed E-state index contributed by atoms with van der Waals surface area (Å²) in [4.78, 5) is 16.0. The van der Waals surface area contributed by atoms with Crippen molar-refractivity contribution in [2.24, 2.45) is 5.92 Å². The van der Waals surface area contributed by atoms with E-state index in [2.05, 4.69) is 27.8 Å². The van der Waals surface area contributed by atoms with Crippen LogP contribution in [0.4, 0.5) is 5.82 Å². The maximum atomic E-state index is 11.9. The Morgan fingerprint density at radius 3 is 2.95 bits per heavy atom. The minimum Gasteiger partial charge on any atom is -0.368 e. The van der Waals surface area contributed by atoms with Crippen LogP contribution in [0.25, 0.3) is 0 Å².